The molecule has 0 fully saturated rings. The summed E-state index contributed by atoms with van der Waals surface area (Å²) in [6, 6.07) is 30.1. The summed E-state index contributed by atoms with van der Waals surface area (Å²) in [5, 5.41) is 7.00. The molecule has 0 aromatic heterocycles. The molecular formula is C74H118CaN4O6S2. The zero-order valence-corrected chi connectivity index (χ0v) is 58.6. The van der Waals surface area contributed by atoms with E-state index in [0.29, 0.717) is 0 Å². The largest absolute Gasteiger partial charge is 2.00 e. The number of hydrogen-bond acceptors (Lipinski definition) is 10. The minimum absolute atomic E-state index is 0. The molecular weight excluding hydrogens is 1150 g/mol. The van der Waals surface area contributed by atoms with E-state index in [4.69, 9.17) is 0 Å². The molecule has 2 aliphatic rings. The summed E-state index contributed by atoms with van der Waals surface area (Å²) in [4.78, 5) is 4.27. The predicted octanol–water partition coefficient (Wildman–Crippen LogP) is 21.5. The fraction of sp³-hybridized carbons (Fsp3) is 0.676. The van der Waals surface area contributed by atoms with E-state index in [1.165, 1.54) is 292 Å². The molecule has 0 saturated carbocycles. The number of fused-ring (bicyclic) bond motifs is 2. The average Bonchev–Trinajstić information content (AvgIpc) is 1.86. The molecule has 2 atom stereocenters. The van der Waals surface area contributed by atoms with Crippen molar-refractivity contribution < 1.29 is 25.9 Å². The molecule has 87 heavy (non-hydrogen) atoms. The third-order valence-electron chi connectivity index (χ3n) is 18.1. The van der Waals surface area contributed by atoms with Crippen molar-refractivity contribution >= 4 is 80.7 Å². The van der Waals surface area contributed by atoms with Gasteiger partial charge in [-0.05, 0) is 73.2 Å². The second-order valence-corrected chi connectivity index (χ2v) is 28.3. The number of benzene rings is 4. The van der Waals surface area contributed by atoms with Crippen LogP contribution in [0.25, 0.3) is 0 Å². The van der Waals surface area contributed by atoms with Gasteiger partial charge in [-0.25, -0.2) is 16.8 Å². The van der Waals surface area contributed by atoms with Gasteiger partial charge in [-0.15, -0.1) is 0 Å². The minimum atomic E-state index is -4.48. The summed E-state index contributed by atoms with van der Waals surface area (Å²) < 4.78 is 69.4. The first kappa shape index (κ1) is 76.6. The van der Waals surface area contributed by atoms with Crippen LogP contribution in [0.3, 0.4) is 0 Å². The van der Waals surface area contributed by atoms with Gasteiger partial charge in [0.05, 0.1) is 44.9 Å². The van der Waals surface area contributed by atoms with Gasteiger partial charge in [-0.1, -0.05) is 331 Å². The van der Waals surface area contributed by atoms with Crippen molar-refractivity contribution in [2.45, 2.75) is 332 Å². The van der Waals surface area contributed by atoms with Crippen LogP contribution >= 0.6 is 0 Å². The van der Waals surface area contributed by atoms with Crippen LogP contribution in [0.2, 0.25) is 0 Å². The Balaban J connectivity index is 0.000000368. The van der Waals surface area contributed by atoms with Gasteiger partial charge in [-0.2, -0.15) is 0 Å². The average molecular weight is 1260 g/mol. The van der Waals surface area contributed by atoms with Gasteiger partial charge in [0.1, 0.15) is 20.2 Å². The second kappa shape index (κ2) is 47.1. The fourth-order valence-corrected chi connectivity index (χ4v) is 13.9. The van der Waals surface area contributed by atoms with Crippen molar-refractivity contribution in [2.24, 2.45) is 0 Å². The van der Waals surface area contributed by atoms with Crippen LogP contribution in [0.4, 0.5) is 22.7 Å². The third kappa shape index (κ3) is 32.8. The maximum atomic E-state index is 11.6. The van der Waals surface area contributed by atoms with E-state index >= 15 is 0 Å². The normalized spacial score (nSPS) is 14.5. The Kier molecular flexibility index (Phi) is 41.5. The van der Waals surface area contributed by atoms with Crippen LogP contribution in [0.1, 0.15) is 307 Å². The first-order chi connectivity index (χ1) is 42.0. The van der Waals surface area contributed by atoms with Crippen LogP contribution in [0.15, 0.2) is 107 Å². The number of anilines is 4. The number of hydrogen-bond donors (Lipinski definition) is 2. The quantitative estimate of drug-likeness (QED) is 0.0249. The molecule has 4 aromatic carbocycles. The van der Waals surface area contributed by atoms with E-state index in [9.17, 15) is 25.9 Å². The van der Waals surface area contributed by atoms with Crippen LogP contribution in [0.5, 0.6) is 0 Å². The van der Waals surface area contributed by atoms with E-state index in [-0.39, 0.29) is 59.9 Å². The van der Waals surface area contributed by atoms with Gasteiger partial charge in [0.2, 0.25) is 0 Å². The molecule has 2 unspecified atom stereocenters. The Morgan fingerprint density at radius 1 is 0.333 bits per heavy atom. The first-order valence-electron chi connectivity index (χ1n) is 35.3. The van der Waals surface area contributed by atoms with Crippen molar-refractivity contribution in [1.82, 2.24) is 0 Å². The van der Waals surface area contributed by atoms with Gasteiger partial charge in [0.25, 0.3) is 0 Å². The van der Waals surface area contributed by atoms with Gasteiger partial charge < -0.3 is 29.5 Å². The molecule has 0 bridgehead atoms. The first-order valence-corrected chi connectivity index (χ1v) is 38.1. The van der Waals surface area contributed by atoms with Crippen molar-refractivity contribution in [3.8, 4) is 0 Å². The van der Waals surface area contributed by atoms with E-state index in [2.05, 4.69) is 58.5 Å². The Hall–Kier alpha value is -2.84. The Morgan fingerprint density at radius 2 is 0.563 bits per heavy atom. The summed E-state index contributed by atoms with van der Waals surface area (Å²) in [5.41, 5.74) is 5.82. The van der Waals surface area contributed by atoms with E-state index in [1.807, 2.05) is 36.4 Å². The zero-order chi connectivity index (χ0) is 61.2. The summed E-state index contributed by atoms with van der Waals surface area (Å²) in [6.07, 6.45) is 60.2. The maximum absolute atomic E-state index is 11.6. The van der Waals surface area contributed by atoms with Gasteiger partial charge in [0.15, 0.2) is 0 Å². The van der Waals surface area contributed by atoms with Crippen LogP contribution in [-0.2, 0) is 33.3 Å². The van der Waals surface area contributed by atoms with Crippen LogP contribution in [0, 0.1) is 0 Å². The standard InChI is InChI=1S/2C37H60N2O3S.Ca/c2*1-2-3-4-5-6-7-8-9-10-11-12-13-14-15-16-17-18-19-20-21-25-28-37-38-35-31-34(43(40,41)42)29-30-36(35)39(37)32-33-26-23-22-24-27-33;/h2*22-24,26-27,29-31,37-38H,2-21,25,28,32H2,1H3,(H,40,41,42);/q;;+2/p-2. The Bertz CT molecular complexity index is 2400. The molecule has 0 radical (unpaired) electrons. The number of nitrogens with one attached hydrogen (secondary N) is 2. The Labute approximate surface area is 562 Å². The fourth-order valence-electron chi connectivity index (χ4n) is 12.9. The van der Waals surface area contributed by atoms with Crippen LogP contribution < -0.4 is 20.4 Å². The van der Waals surface area contributed by atoms with Crippen LogP contribution in [-0.4, -0.2) is 76.0 Å². The molecule has 2 heterocycles. The van der Waals surface area contributed by atoms with Crippen molar-refractivity contribution in [3.05, 3.63) is 108 Å². The molecule has 0 amide bonds. The van der Waals surface area contributed by atoms with E-state index < -0.39 is 20.2 Å². The van der Waals surface area contributed by atoms with Gasteiger partial charge in [-0.3, -0.25) is 0 Å². The van der Waals surface area contributed by atoms with Crippen molar-refractivity contribution in [1.29, 1.82) is 0 Å². The molecule has 13 heteroatoms. The summed E-state index contributed by atoms with van der Waals surface area (Å²) >= 11 is 0. The second-order valence-electron chi connectivity index (χ2n) is 25.5. The SMILES string of the molecule is CCCCCCCCCCCCCCCCCCCCCCCC1Nc2cc(S(=O)(=O)[O-])ccc2N1Cc1ccccc1.CCCCCCCCCCCCCCCCCCCCCCCC1Nc2cc(S(=O)(=O)[O-])ccc2N1Cc1ccccc1.[Ca+2]. The molecule has 4 aromatic rings. The molecule has 0 spiro atoms. The monoisotopic (exact) mass is 1260 g/mol. The summed E-state index contributed by atoms with van der Waals surface area (Å²) in [5.74, 6) is 0. The van der Waals surface area contributed by atoms with Crippen molar-refractivity contribution in [3.63, 3.8) is 0 Å². The Morgan fingerprint density at radius 3 is 0.793 bits per heavy atom. The molecule has 0 saturated heterocycles. The van der Waals surface area contributed by atoms with E-state index in [1.54, 1.807) is 12.1 Å². The zero-order valence-electron chi connectivity index (χ0n) is 54.8. The number of unbranched alkanes of at least 4 members (excludes halogenated alkanes) is 40. The molecule has 2 aliphatic heterocycles. The number of rotatable bonds is 50. The summed E-state index contributed by atoms with van der Waals surface area (Å²) in [7, 11) is -8.95. The number of nitrogens with zero attached hydrogens (tertiary/aromatic N) is 2. The van der Waals surface area contributed by atoms with Gasteiger partial charge in [0, 0.05) is 13.1 Å². The third-order valence-corrected chi connectivity index (χ3v) is 19.7. The molecule has 484 valence electrons. The van der Waals surface area contributed by atoms with Crippen molar-refractivity contribution in [2.75, 3.05) is 20.4 Å². The minimum Gasteiger partial charge on any atom is -0.744 e. The molecule has 0 aliphatic carbocycles. The predicted molar refractivity (Wildman–Crippen MR) is 369 cm³/mol. The topological polar surface area (TPSA) is 145 Å². The van der Waals surface area contributed by atoms with Gasteiger partial charge >= 0.3 is 37.7 Å². The summed E-state index contributed by atoms with van der Waals surface area (Å²) in [6.45, 7) is 6.07. The molecule has 10 nitrogen and oxygen atoms in total. The molecule has 6 rings (SSSR count). The molecule has 2 N–H and O–H groups in total. The van der Waals surface area contributed by atoms with E-state index in [0.717, 1.165) is 61.5 Å². The smallest absolute Gasteiger partial charge is 0.744 e. The maximum Gasteiger partial charge on any atom is 2.00 e.